The summed E-state index contributed by atoms with van der Waals surface area (Å²) in [4.78, 5) is 35.5. The molecule has 0 aromatic rings. The highest BCUT2D eigenvalue weighted by Gasteiger charge is 2.26. The van der Waals surface area contributed by atoms with E-state index in [1.165, 1.54) is 122 Å². The van der Waals surface area contributed by atoms with E-state index in [-0.39, 0.29) is 38.6 Å². The molecule has 558 valence electrons. The zero-order valence-corrected chi connectivity index (χ0v) is 63.8. The molecule has 0 saturated carbocycles. The van der Waals surface area contributed by atoms with E-state index in [1.807, 2.05) is 0 Å². The Balaban J connectivity index is 3.92. The maximum Gasteiger partial charge on any atom is 0.472 e. The Bertz CT molecular complexity index is 2390. The van der Waals surface area contributed by atoms with E-state index < -0.39 is 26.5 Å². The number of hydrogen-bond donors (Lipinski definition) is 2. The van der Waals surface area contributed by atoms with Crippen LogP contribution in [-0.2, 0) is 32.7 Å². The van der Waals surface area contributed by atoms with Gasteiger partial charge in [-0.05, 0) is 148 Å². The largest absolute Gasteiger partial charge is 0.472 e. The maximum absolute atomic E-state index is 12.8. The molecule has 0 saturated heterocycles. The number of phosphoric acid groups is 1. The number of esters is 2. The number of carbonyl (C=O) groups is 2. The summed E-state index contributed by atoms with van der Waals surface area (Å²) in [7, 11) is -4.41. The minimum Gasteiger partial charge on any atom is -0.462 e. The lowest BCUT2D eigenvalue weighted by Gasteiger charge is -2.19. The number of ether oxygens (including phenoxy) is 2. The molecule has 0 aliphatic heterocycles. The summed E-state index contributed by atoms with van der Waals surface area (Å²) in [6.07, 6.45) is 125. The van der Waals surface area contributed by atoms with E-state index in [0.717, 1.165) is 154 Å². The van der Waals surface area contributed by atoms with E-state index in [4.69, 9.17) is 24.3 Å². The van der Waals surface area contributed by atoms with Crippen LogP contribution >= 0.6 is 7.82 Å². The molecule has 2 unspecified atom stereocenters. The number of carbonyl (C=O) groups excluding carboxylic acids is 2. The SMILES string of the molecule is CC/C=C\C/C=C\C/C=C\C/C=C\C/C=C\C/C=C\C/C=C\C/C=C\C/C=C\C/C=C\CCCCCCCCCCCCC(=O)OC(COC(=O)CCCCCCCCCCCCCCCCC/C=C\C/C=C\C/C=C\C/C=C\C/C=C\C/C=C\C/C=C\CC)COP(=O)(O)OCCN. The van der Waals surface area contributed by atoms with Gasteiger partial charge in [-0.15, -0.1) is 0 Å². The van der Waals surface area contributed by atoms with E-state index in [2.05, 4.69) is 220 Å². The van der Waals surface area contributed by atoms with Crippen LogP contribution in [0.1, 0.15) is 309 Å². The van der Waals surface area contributed by atoms with Gasteiger partial charge in [-0.1, -0.05) is 355 Å². The summed E-state index contributed by atoms with van der Waals surface area (Å²) in [5.74, 6) is -0.838. The number of rotatable bonds is 72. The van der Waals surface area contributed by atoms with Gasteiger partial charge in [0, 0.05) is 19.4 Å². The van der Waals surface area contributed by atoms with Crippen molar-refractivity contribution in [2.75, 3.05) is 26.4 Å². The molecule has 0 radical (unpaired) electrons. The fraction of sp³-hybridized carbons (Fsp3) is 0.596. The van der Waals surface area contributed by atoms with Gasteiger partial charge < -0.3 is 20.1 Å². The Morgan fingerprint density at radius 1 is 0.303 bits per heavy atom. The molecule has 3 N–H and O–H groups in total. The molecule has 0 bridgehead atoms. The van der Waals surface area contributed by atoms with Gasteiger partial charge in [0.25, 0.3) is 0 Å². The van der Waals surface area contributed by atoms with Crippen LogP contribution in [0.25, 0.3) is 0 Å². The first-order valence-electron chi connectivity index (χ1n) is 39.6. The molecule has 0 rings (SSSR count). The number of allylic oxidation sites excluding steroid dienone is 34. The molecule has 0 aromatic carbocycles. The second-order valence-electron chi connectivity index (χ2n) is 25.5. The van der Waals surface area contributed by atoms with Crippen molar-refractivity contribution < 1.29 is 37.6 Å². The van der Waals surface area contributed by atoms with Gasteiger partial charge in [-0.25, -0.2) is 4.57 Å². The van der Waals surface area contributed by atoms with Crippen molar-refractivity contribution in [2.24, 2.45) is 5.73 Å². The summed E-state index contributed by atoms with van der Waals surface area (Å²) >= 11 is 0. The fourth-order valence-electron chi connectivity index (χ4n) is 10.4. The van der Waals surface area contributed by atoms with Crippen LogP contribution in [0.2, 0.25) is 0 Å². The minimum atomic E-state index is -4.41. The first-order valence-corrected chi connectivity index (χ1v) is 41.1. The number of hydrogen-bond acceptors (Lipinski definition) is 8. The molecule has 2 atom stereocenters. The Morgan fingerprint density at radius 2 is 0.525 bits per heavy atom. The molecule has 10 heteroatoms. The smallest absolute Gasteiger partial charge is 0.462 e. The van der Waals surface area contributed by atoms with Crippen molar-refractivity contribution in [1.29, 1.82) is 0 Å². The lowest BCUT2D eigenvalue weighted by Crippen LogP contribution is -2.29. The first-order chi connectivity index (χ1) is 48.8. The van der Waals surface area contributed by atoms with Crippen LogP contribution in [0.15, 0.2) is 207 Å². The summed E-state index contributed by atoms with van der Waals surface area (Å²) in [6, 6.07) is 0. The van der Waals surface area contributed by atoms with E-state index in [9.17, 15) is 19.0 Å². The summed E-state index contributed by atoms with van der Waals surface area (Å²) in [5.41, 5.74) is 5.41. The van der Waals surface area contributed by atoms with Crippen molar-refractivity contribution in [3.05, 3.63) is 207 Å². The monoisotopic (exact) mass is 1390 g/mol. The zero-order valence-electron chi connectivity index (χ0n) is 62.9. The fourth-order valence-corrected chi connectivity index (χ4v) is 11.2. The third kappa shape index (κ3) is 81.4. The Hall–Kier alpha value is -5.41. The molecule has 0 heterocycles. The van der Waals surface area contributed by atoms with Gasteiger partial charge in [-0.3, -0.25) is 18.6 Å². The summed E-state index contributed by atoms with van der Waals surface area (Å²) in [6.45, 7) is 3.51. The van der Waals surface area contributed by atoms with Crippen LogP contribution in [-0.4, -0.2) is 49.3 Å². The zero-order chi connectivity index (χ0) is 71.5. The Kier molecular flexibility index (Phi) is 77.1. The van der Waals surface area contributed by atoms with Crippen molar-refractivity contribution >= 4 is 19.8 Å². The van der Waals surface area contributed by atoms with Gasteiger partial charge in [0.15, 0.2) is 6.10 Å². The average molecular weight is 1390 g/mol. The average Bonchev–Trinajstić information content (AvgIpc) is 1.19. The summed E-state index contributed by atoms with van der Waals surface area (Å²) < 4.78 is 33.3. The predicted molar refractivity (Wildman–Crippen MR) is 431 cm³/mol. The third-order valence-corrected chi connectivity index (χ3v) is 17.1. The number of unbranched alkanes of at least 4 members (excludes halogenated alkanes) is 25. The molecular formula is C89H144NO8P. The molecular weight excluding hydrogens is 1240 g/mol. The van der Waals surface area contributed by atoms with Gasteiger partial charge >= 0.3 is 19.8 Å². The second kappa shape index (κ2) is 81.6. The van der Waals surface area contributed by atoms with Crippen molar-refractivity contribution in [2.45, 2.75) is 315 Å². The van der Waals surface area contributed by atoms with Gasteiger partial charge in [0.1, 0.15) is 6.61 Å². The van der Waals surface area contributed by atoms with Crippen LogP contribution in [0.3, 0.4) is 0 Å². The van der Waals surface area contributed by atoms with Crippen molar-refractivity contribution in [3.8, 4) is 0 Å². The quantitative estimate of drug-likeness (QED) is 0.0264. The first kappa shape index (κ1) is 93.6. The molecule has 0 amide bonds. The Labute approximate surface area is 608 Å². The van der Waals surface area contributed by atoms with Crippen molar-refractivity contribution in [3.63, 3.8) is 0 Å². The Morgan fingerprint density at radius 3 is 0.778 bits per heavy atom. The highest BCUT2D eigenvalue weighted by atomic mass is 31.2. The molecule has 0 aromatic heterocycles. The molecule has 99 heavy (non-hydrogen) atoms. The lowest BCUT2D eigenvalue weighted by atomic mass is 10.0. The maximum atomic E-state index is 12.8. The molecule has 0 spiro atoms. The predicted octanol–water partition coefficient (Wildman–Crippen LogP) is 27.0. The molecule has 0 aliphatic rings. The number of nitrogens with two attached hydrogens (primary N) is 1. The topological polar surface area (TPSA) is 134 Å². The highest BCUT2D eigenvalue weighted by molar-refractivity contribution is 7.47. The normalized spacial score (nSPS) is 14.0. The minimum absolute atomic E-state index is 0.0444. The molecule has 0 fully saturated rings. The summed E-state index contributed by atoms with van der Waals surface area (Å²) in [5, 5.41) is 0. The molecule has 9 nitrogen and oxygen atoms in total. The number of phosphoric ester groups is 1. The van der Waals surface area contributed by atoms with Gasteiger partial charge in [-0.2, -0.15) is 0 Å². The van der Waals surface area contributed by atoms with Crippen LogP contribution in [0.5, 0.6) is 0 Å². The van der Waals surface area contributed by atoms with Gasteiger partial charge in [0.05, 0.1) is 13.2 Å². The lowest BCUT2D eigenvalue weighted by molar-refractivity contribution is -0.161. The van der Waals surface area contributed by atoms with E-state index in [0.29, 0.717) is 6.42 Å². The second-order valence-corrected chi connectivity index (χ2v) is 26.9. The van der Waals surface area contributed by atoms with Gasteiger partial charge in [0.2, 0.25) is 0 Å². The standard InChI is InChI=1S/C89H144NO8P/c1-3-5-7-9-11-13-15-17-19-21-23-25-27-29-31-33-35-37-39-41-42-43-44-46-48-50-52-54-56-58-60-62-64-66-68-70-72-74-76-78-80-82-89(92)98-87(86-97-99(93,94)96-84-83-90)85-95-88(91)81-79-77-75-73-71-69-67-65-63-61-59-57-55-53-51-49-47-45-40-38-36-34-32-30-28-26-24-22-20-18-16-14-12-10-8-6-4-2/h5-8,11-14,17-20,23-26,29-32,35-38,41-42,44-47,50,52,56,58,87H,3-4,9-10,15-16,21-22,27-28,33-34,39-40,43,48-49,51,53-55,57,59-86,90H2,1-2H3,(H,93,94)/b7-5-,8-6-,13-11-,14-12-,19-17-,20-18-,25-23-,26-24-,31-29-,32-30-,37-35-,38-36-,42-41-,46-44-,47-45-,52-50-,58-56-. The van der Waals surface area contributed by atoms with E-state index in [1.54, 1.807) is 0 Å². The van der Waals surface area contributed by atoms with Crippen LogP contribution < -0.4 is 5.73 Å². The van der Waals surface area contributed by atoms with Crippen LogP contribution in [0, 0.1) is 0 Å². The van der Waals surface area contributed by atoms with Crippen LogP contribution in [0.4, 0.5) is 0 Å². The molecule has 0 aliphatic carbocycles. The third-order valence-electron chi connectivity index (χ3n) is 16.2. The van der Waals surface area contributed by atoms with Crippen molar-refractivity contribution in [1.82, 2.24) is 0 Å². The highest BCUT2D eigenvalue weighted by Crippen LogP contribution is 2.43. The van der Waals surface area contributed by atoms with E-state index >= 15 is 0 Å².